The maximum atomic E-state index is 5.76. The topological polar surface area (TPSA) is 21.3 Å². The lowest BCUT2D eigenvalue weighted by molar-refractivity contribution is 0.339. The van der Waals surface area contributed by atoms with E-state index < -0.39 is 0 Å². The molecule has 0 bridgehead atoms. The number of benzene rings is 1. The van der Waals surface area contributed by atoms with Gasteiger partial charge in [0.05, 0.1) is 17.8 Å². The Balaban J connectivity index is 2.19. The Morgan fingerprint density at radius 1 is 1.28 bits per heavy atom. The van der Waals surface area contributed by atoms with E-state index in [2.05, 4.69) is 11.2 Å². The second kappa shape index (κ2) is 5.82. The quantitative estimate of drug-likeness (QED) is 0.811. The zero-order valence-electron chi connectivity index (χ0n) is 11.0. The molecule has 0 radical (unpaired) electrons. The molecule has 2 heteroatoms. The third-order valence-electron chi connectivity index (χ3n) is 3.54. The van der Waals surface area contributed by atoms with Crippen LogP contribution < -0.4 is 10.1 Å². The molecule has 0 heterocycles. The van der Waals surface area contributed by atoms with E-state index in [1.54, 1.807) is 0 Å². The number of rotatable bonds is 4. The Hall–Kier alpha value is -1.62. The van der Waals surface area contributed by atoms with Crippen molar-refractivity contribution in [2.45, 2.75) is 44.6 Å². The molecule has 18 heavy (non-hydrogen) atoms. The molecule has 2 nitrogen and oxygen atoms in total. The Morgan fingerprint density at radius 3 is 2.67 bits per heavy atom. The van der Waals surface area contributed by atoms with Gasteiger partial charge in [0.2, 0.25) is 0 Å². The molecule has 1 fully saturated rings. The summed E-state index contributed by atoms with van der Waals surface area (Å²) in [6, 6.07) is 8.02. The van der Waals surface area contributed by atoms with E-state index in [9.17, 15) is 0 Å². The maximum absolute atomic E-state index is 5.76. The van der Waals surface area contributed by atoms with E-state index in [0.717, 1.165) is 24.3 Å². The summed E-state index contributed by atoms with van der Waals surface area (Å²) < 4.78 is 5.64. The predicted molar refractivity (Wildman–Crippen MR) is 75.9 cm³/mol. The van der Waals surface area contributed by atoms with E-state index in [1.807, 2.05) is 31.2 Å². The van der Waals surface area contributed by atoms with Gasteiger partial charge in [-0.3, -0.25) is 0 Å². The van der Waals surface area contributed by atoms with Crippen molar-refractivity contribution in [1.82, 2.24) is 0 Å². The number of para-hydroxylation sites is 2. The van der Waals surface area contributed by atoms with E-state index >= 15 is 0 Å². The van der Waals surface area contributed by atoms with Crippen LogP contribution in [0.15, 0.2) is 24.3 Å². The first-order valence-corrected chi connectivity index (χ1v) is 6.77. The third kappa shape index (κ3) is 2.79. The summed E-state index contributed by atoms with van der Waals surface area (Å²) in [6.45, 7) is 2.66. The number of anilines is 1. The van der Waals surface area contributed by atoms with Crippen molar-refractivity contribution in [3.8, 4) is 18.1 Å². The Labute approximate surface area is 110 Å². The van der Waals surface area contributed by atoms with Gasteiger partial charge in [-0.05, 0) is 31.9 Å². The van der Waals surface area contributed by atoms with Gasteiger partial charge in [0.25, 0.3) is 0 Å². The molecule has 0 atom stereocenters. The second-order valence-electron chi connectivity index (χ2n) is 4.84. The number of hydrogen-bond donors (Lipinski definition) is 1. The third-order valence-corrected chi connectivity index (χ3v) is 3.54. The van der Waals surface area contributed by atoms with Gasteiger partial charge in [-0.1, -0.05) is 37.3 Å². The van der Waals surface area contributed by atoms with Crippen LogP contribution in [-0.4, -0.2) is 12.1 Å². The molecule has 0 unspecified atom stereocenters. The number of terminal acetylenes is 1. The molecule has 0 saturated heterocycles. The first kappa shape index (κ1) is 12.8. The molecule has 1 aliphatic carbocycles. The summed E-state index contributed by atoms with van der Waals surface area (Å²) in [4.78, 5) is 0. The molecule has 2 rings (SSSR count). The number of ether oxygens (including phenoxy) is 1. The molecule has 0 spiro atoms. The molecular formula is C16H21NO. The van der Waals surface area contributed by atoms with Crippen molar-refractivity contribution < 1.29 is 4.74 Å². The molecule has 1 saturated carbocycles. The highest BCUT2D eigenvalue weighted by Crippen LogP contribution is 2.34. The molecule has 1 aromatic rings. The fraction of sp³-hybridized carbons (Fsp3) is 0.500. The highest BCUT2D eigenvalue weighted by atomic mass is 16.5. The van der Waals surface area contributed by atoms with E-state index in [4.69, 9.17) is 11.2 Å². The first-order chi connectivity index (χ1) is 8.79. The van der Waals surface area contributed by atoms with Crippen molar-refractivity contribution in [3.05, 3.63) is 24.3 Å². The molecular weight excluding hydrogens is 222 g/mol. The van der Waals surface area contributed by atoms with Crippen molar-refractivity contribution in [2.75, 3.05) is 11.9 Å². The largest absolute Gasteiger partial charge is 0.492 e. The first-order valence-electron chi connectivity index (χ1n) is 6.77. The van der Waals surface area contributed by atoms with E-state index in [1.165, 1.54) is 19.3 Å². The normalized spacial score (nSPS) is 17.8. The average Bonchev–Trinajstić information content (AvgIpc) is 2.42. The van der Waals surface area contributed by atoms with Gasteiger partial charge in [-0.2, -0.15) is 0 Å². The molecule has 0 amide bonds. The SMILES string of the molecule is C#CC1(Nc2ccccc2OCC)CCCCC1. The van der Waals surface area contributed by atoms with Gasteiger partial charge >= 0.3 is 0 Å². The van der Waals surface area contributed by atoms with Gasteiger partial charge in [0.15, 0.2) is 0 Å². The van der Waals surface area contributed by atoms with Crippen molar-refractivity contribution in [1.29, 1.82) is 0 Å². The Bertz CT molecular complexity index is 427. The van der Waals surface area contributed by atoms with Crippen LogP contribution in [0.25, 0.3) is 0 Å². The van der Waals surface area contributed by atoms with Crippen LogP contribution in [0.4, 0.5) is 5.69 Å². The minimum atomic E-state index is -0.189. The zero-order chi connectivity index (χ0) is 12.8. The second-order valence-corrected chi connectivity index (χ2v) is 4.84. The van der Waals surface area contributed by atoms with Crippen LogP contribution in [0.2, 0.25) is 0 Å². The summed E-state index contributed by atoms with van der Waals surface area (Å²) in [5.74, 6) is 3.86. The average molecular weight is 243 g/mol. The fourth-order valence-electron chi connectivity index (χ4n) is 2.57. The highest BCUT2D eigenvalue weighted by Gasteiger charge is 2.30. The van der Waals surface area contributed by atoms with Crippen LogP contribution in [0.3, 0.4) is 0 Å². The van der Waals surface area contributed by atoms with Crippen LogP contribution >= 0.6 is 0 Å². The Morgan fingerprint density at radius 2 is 2.00 bits per heavy atom. The summed E-state index contributed by atoms with van der Waals surface area (Å²) in [5, 5.41) is 3.54. The molecule has 1 aromatic carbocycles. The Kier molecular flexibility index (Phi) is 4.15. The lowest BCUT2D eigenvalue weighted by Crippen LogP contribution is -2.38. The number of hydrogen-bond acceptors (Lipinski definition) is 2. The summed E-state index contributed by atoms with van der Waals surface area (Å²) in [5.41, 5.74) is 0.824. The molecule has 1 N–H and O–H groups in total. The predicted octanol–water partition coefficient (Wildman–Crippen LogP) is 3.83. The summed E-state index contributed by atoms with van der Waals surface area (Å²) in [6.07, 6.45) is 11.5. The fourth-order valence-corrected chi connectivity index (χ4v) is 2.57. The number of nitrogens with one attached hydrogen (secondary N) is 1. The van der Waals surface area contributed by atoms with Gasteiger partial charge in [0, 0.05) is 0 Å². The lowest BCUT2D eigenvalue weighted by Gasteiger charge is -2.34. The standard InChI is InChI=1S/C16H21NO/c1-3-16(12-8-5-9-13-16)17-14-10-6-7-11-15(14)18-4-2/h1,6-7,10-11,17H,4-5,8-9,12-13H2,2H3. The molecule has 1 aliphatic rings. The molecule has 0 aliphatic heterocycles. The van der Waals surface area contributed by atoms with Crippen LogP contribution in [0.1, 0.15) is 39.0 Å². The van der Waals surface area contributed by atoms with Gasteiger partial charge in [-0.25, -0.2) is 0 Å². The van der Waals surface area contributed by atoms with Crippen molar-refractivity contribution in [3.63, 3.8) is 0 Å². The van der Waals surface area contributed by atoms with Gasteiger partial charge < -0.3 is 10.1 Å². The monoisotopic (exact) mass is 243 g/mol. The summed E-state index contributed by atoms with van der Waals surface area (Å²) in [7, 11) is 0. The van der Waals surface area contributed by atoms with Crippen LogP contribution in [0.5, 0.6) is 5.75 Å². The van der Waals surface area contributed by atoms with Crippen LogP contribution in [-0.2, 0) is 0 Å². The van der Waals surface area contributed by atoms with Crippen LogP contribution in [0, 0.1) is 12.3 Å². The maximum Gasteiger partial charge on any atom is 0.142 e. The van der Waals surface area contributed by atoms with E-state index in [0.29, 0.717) is 6.61 Å². The van der Waals surface area contributed by atoms with E-state index in [-0.39, 0.29) is 5.54 Å². The minimum Gasteiger partial charge on any atom is -0.492 e. The van der Waals surface area contributed by atoms with Gasteiger partial charge in [-0.15, -0.1) is 6.42 Å². The molecule has 96 valence electrons. The summed E-state index contributed by atoms with van der Waals surface area (Å²) >= 11 is 0. The van der Waals surface area contributed by atoms with Crippen molar-refractivity contribution in [2.24, 2.45) is 0 Å². The van der Waals surface area contributed by atoms with Crippen molar-refractivity contribution >= 4 is 5.69 Å². The lowest BCUT2D eigenvalue weighted by atomic mass is 9.82. The minimum absolute atomic E-state index is 0.189. The molecule has 0 aromatic heterocycles. The highest BCUT2D eigenvalue weighted by molar-refractivity contribution is 5.59. The van der Waals surface area contributed by atoms with Gasteiger partial charge in [0.1, 0.15) is 5.75 Å². The zero-order valence-corrected chi connectivity index (χ0v) is 11.0. The smallest absolute Gasteiger partial charge is 0.142 e.